The molecule has 3 aromatic heterocycles. The Morgan fingerprint density at radius 2 is 1.94 bits per heavy atom. The second-order valence-corrected chi connectivity index (χ2v) is 9.60. The molecule has 0 amide bonds. The van der Waals surface area contributed by atoms with Gasteiger partial charge < -0.3 is 14.1 Å². The van der Waals surface area contributed by atoms with Gasteiger partial charge in [0.25, 0.3) is 5.56 Å². The SMILES string of the molecule is CC/C=C(\C=NC)c1cc2cc(Cc3c(C)cc(C)[nH]c3=O)c(C)c(C(C)N3CCOCC3)n2c1. The van der Waals surface area contributed by atoms with Crippen molar-refractivity contribution in [3.8, 4) is 0 Å². The number of nitrogens with zero attached hydrogens (tertiary/aromatic N) is 3. The lowest BCUT2D eigenvalue weighted by atomic mass is 9.95. The molecule has 0 spiro atoms. The molecule has 1 aliphatic heterocycles. The third-order valence-electron chi connectivity index (χ3n) is 7.17. The van der Waals surface area contributed by atoms with Crippen molar-refractivity contribution < 1.29 is 4.74 Å². The summed E-state index contributed by atoms with van der Waals surface area (Å²) in [5, 5.41) is 0. The summed E-state index contributed by atoms with van der Waals surface area (Å²) in [4.78, 5) is 22.6. The number of hydrogen-bond donors (Lipinski definition) is 1. The fourth-order valence-electron chi connectivity index (χ4n) is 5.32. The number of hydrogen-bond acceptors (Lipinski definition) is 4. The largest absolute Gasteiger partial charge is 0.379 e. The molecule has 4 rings (SSSR count). The molecule has 0 saturated carbocycles. The van der Waals surface area contributed by atoms with Crippen molar-refractivity contribution >= 4 is 17.3 Å². The van der Waals surface area contributed by atoms with Gasteiger partial charge in [-0.3, -0.25) is 14.7 Å². The maximum Gasteiger partial charge on any atom is 0.251 e. The van der Waals surface area contributed by atoms with Crippen molar-refractivity contribution in [2.24, 2.45) is 4.99 Å². The van der Waals surface area contributed by atoms with Crippen LogP contribution in [0.15, 0.2) is 40.3 Å². The maximum atomic E-state index is 12.8. The number of nitrogens with one attached hydrogen (secondary N) is 1. The smallest absolute Gasteiger partial charge is 0.251 e. The highest BCUT2D eigenvalue weighted by Gasteiger charge is 2.24. The summed E-state index contributed by atoms with van der Waals surface area (Å²) in [6.07, 6.45) is 7.96. The van der Waals surface area contributed by atoms with Crippen LogP contribution in [-0.2, 0) is 11.2 Å². The molecule has 0 bridgehead atoms. The summed E-state index contributed by atoms with van der Waals surface area (Å²) in [5.74, 6) is 0. The van der Waals surface area contributed by atoms with Crippen LogP contribution < -0.4 is 5.56 Å². The Morgan fingerprint density at radius 1 is 1.20 bits per heavy atom. The highest BCUT2D eigenvalue weighted by molar-refractivity contribution is 6.10. The van der Waals surface area contributed by atoms with E-state index in [1.54, 1.807) is 0 Å². The van der Waals surface area contributed by atoms with Crippen LogP contribution in [0, 0.1) is 20.8 Å². The predicted molar refractivity (Wildman–Crippen MR) is 145 cm³/mol. The highest BCUT2D eigenvalue weighted by atomic mass is 16.5. The van der Waals surface area contributed by atoms with Crippen molar-refractivity contribution in [2.75, 3.05) is 33.4 Å². The number of aryl methyl sites for hydroxylation is 2. The Hall–Kier alpha value is -2.96. The molecule has 1 fully saturated rings. The topological polar surface area (TPSA) is 62.1 Å². The molecule has 0 radical (unpaired) electrons. The Kier molecular flexibility index (Phi) is 7.72. The fraction of sp³-hybridized carbons (Fsp3) is 0.448. The van der Waals surface area contributed by atoms with Crippen LogP contribution in [0.5, 0.6) is 0 Å². The van der Waals surface area contributed by atoms with Crippen LogP contribution in [0.2, 0.25) is 0 Å². The minimum Gasteiger partial charge on any atom is -0.379 e. The maximum absolute atomic E-state index is 12.8. The lowest BCUT2D eigenvalue weighted by Crippen LogP contribution is -2.39. The van der Waals surface area contributed by atoms with E-state index < -0.39 is 0 Å². The third-order valence-corrected chi connectivity index (χ3v) is 7.17. The second-order valence-electron chi connectivity index (χ2n) is 9.60. The third kappa shape index (κ3) is 5.19. The van der Waals surface area contributed by atoms with E-state index in [-0.39, 0.29) is 11.6 Å². The fourth-order valence-corrected chi connectivity index (χ4v) is 5.32. The van der Waals surface area contributed by atoms with Crippen LogP contribution in [0.25, 0.3) is 11.1 Å². The van der Waals surface area contributed by atoms with Gasteiger partial charge in [0, 0.05) is 73.0 Å². The number of H-pyrrole nitrogens is 1. The van der Waals surface area contributed by atoms with Crippen molar-refractivity contribution in [1.29, 1.82) is 0 Å². The number of ether oxygens (including phenoxy) is 1. The molecule has 6 heteroatoms. The number of fused-ring (bicyclic) bond motifs is 1. The average Bonchev–Trinajstić information content (AvgIpc) is 3.25. The van der Waals surface area contributed by atoms with Crippen LogP contribution in [0.4, 0.5) is 0 Å². The summed E-state index contributed by atoms with van der Waals surface area (Å²) >= 11 is 0. The summed E-state index contributed by atoms with van der Waals surface area (Å²) in [5.41, 5.74) is 9.92. The monoisotopic (exact) mass is 474 g/mol. The highest BCUT2D eigenvalue weighted by Crippen LogP contribution is 2.31. The molecular weight excluding hydrogens is 436 g/mol. The molecule has 1 unspecified atom stereocenters. The lowest BCUT2D eigenvalue weighted by Gasteiger charge is -2.34. The standard InChI is InChI=1S/C29H38N4O2/c1-7-8-23(17-30-6)25-15-26-14-24(16-27-19(2)13-20(3)31-29(27)34)21(4)28(33(26)18-25)22(5)32-9-11-35-12-10-32/h8,13-15,17-18,22H,7,9-12,16H2,1-6H3,(H,31,34)/b23-8+,30-17?. The number of morpholine rings is 1. The van der Waals surface area contributed by atoms with Gasteiger partial charge in [0.05, 0.1) is 13.2 Å². The van der Waals surface area contributed by atoms with Crippen molar-refractivity contribution in [3.63, 3.8) is 0 Å². The minimum atomic E-state index is 0.00736. The van der Waals surface area contributed by atoms with Gasteiger partial charge in [0.1, 0.15) is 0 Å². The van der Waals surface area contributed by atoms with Crippen molar-refractivity contribution in [2.45, 2.75) is 53.5 Å². The van der Waals surface area contributed by atoms with Crippen molar-refractivity contribution in [3.05, 3.63) is 80.0 Å². The van der Waals surface area contributed by atoms with Gasteiger partial charge in [0.2, 0.25) is 0 Å². The van der Waals surface area contributed by atoms with Gasteiger partial charge >= 0.3 is 0 Å². The molecule has 1 aliphatic rings. The number of aromatic nitrogens is 2. The van der Waals surface area contributed by atoms with Gasteiger partial charge in [-0.05, 0) is 74.6 Å². The van der Waals surface area contributed by atoms with Gasteiger partial charge in [-0.25, -0.2) is 0 Å². The van der Waals surface area contributed by atoms with Gasteiger partial charge in [0.15, 0.2) is 0 Å². The average molecular weight is 475 g/mol. The predicted octanol–water partition coefficient (Wildman–Crippen LogP) is 5.03. The zero-order valence-corrected chi connectivity index (χ0v) is 21.9. The van der Waals surface area contributed by atoms with Crippen LogP contribution >= 0.6 is 0 Å². The molecule has 6 nitrogen and oxygen atoms in total. The van der Waals surface area contributed by atoms with E-state index in [1.807, 2.05) is 27.1 Å². The van der Waals surface area contributed by atoms with E-state index in [0.29, 0.717) is 6.42 Å². The van der Waals surface area contributed by atoms with E-state index in [1.165, 1.54) is 16.8 Å². The first-order valence-electron chi connectivity index (χ1n) is 12.6. The Bertz CT molecular complexity index is 1320. The second kappa shape index (κ2) is 10.8. The molecular formula is C29H38N4O2. The van der Waals surface area contributed by atoms with Gasteiger partial charge in [-0.15, -0.1) is 0 Å². The lowest BCUT2D eigenvalue weighted by molar-refractivity contribution is 0.0187. The van der Waals surface area contributed by atoms with E-state index in [9.17, 15) is 4.79 Å². The summed E-state index contributed by atoms with van der Waals surface area (Å²) in [7, 11) is 1.81. The number of aromatic amines is 1. The Morgan fingerprint density at radius 3 is 2.60 bits per heavy atom. The molecule has 4 heterocycles. The first-order valence-corrected chi connectivity index (χ1v) is 12.6. The number of pyridine rings is 2. The van der Waals surface area contributed by atoms with Crippen LogP contribution in [0.3, 0.4) is 0 Å². The molecule has 0 aliphatic carbocycles. The molecule has 0 aromatic carbocycles. The van der Waals surface area contributed by atoms with E-state index in [0.717, 1.165) is 66.2 Å². The molecule has 35 heavy (non-hydrogen) atoms. The van der Waals surface area contributed by atoms with E-state index in [4.69, 9.17) is 4.74 Å². The first-order chi connectivity index (χ1) is 16.8. The van der Waals surface area contributed by atoms with Gasteiger partial charge in [-0.2, -0.15) is 0 Å². The summed E-state index contributed by atoms with van der Waals surface area (Å²) < 4.78 is 7.96. The molecule has 1 saturated heterocycles. The Balaban J connectivity index is 1.90. The van der Waals surface area contributed by atoms with Gasteiger partial charge in [-0.1, -0.05) is 13.0 Å². The zero-order chi connectivity index (χ0) is 25.1. The van der Waals surface area contributed by atoms with Crippen LogP contribution in [0.1, 0.15) is 65.5 Å². The van der Waals surface area contributed by atoms with Crippen molar-refractivity contribution in [1.82, 2.24) is 14.3 Å². The summed E-state index contributed by atoms with van der Waals surface area (Å²) in [6, 6.07) is 6.77. The Labute approximate surface area is 208 Å². The van der Waals surface area contributed by atoms with E-state index >= 15 is 0 Å². The molecule has 1 N–H and O–H groups in total. The molecule has 186 valence electrons. The summed E-state index contributed by atoms with van der Waals surface area (Å²) in [6.45, 7) is 14.0. The minimum absolute atomic E-state index is 0.00736. The first kappa shape index (κ1) is 25.1. The number of rotatable bonds is 7. The number of allylic oxidation sites excluding steroid dienone is 2. The normalized spacial score (nSPS) is 16.5. The quantitative estimate of drug-likeness (QED) is 0.489. The van der Waals surface area contributed by atoms with E-state index in [2.05, 4.69) is 70.5 Å². The molecule has 1 atom stereocenters. The zero-order valence-electron chi connectivity index (χ0n) is 21.9. The van der Waals surface area contributed by atoms with Crippen LogP contribution in [-0.4, -0.2) is 53.9 Å². The molecule has 3 aromatic rings. The number of aliphatic imine (C=N–C) groups is 1.